The third-order valence-electron chi connectivity index (χ3n) is 4.91. The molecule has 0 atom stereocenters. The number of hydrogen-bond donors (Lipinski definition) is 0. The van der Waals surface area contributed by atoms with Gasteiger partial charge in [0.25, 0.3) is 0 Å². The molecule has 0 unspecified atom stereocenters. The first-order chi connectivity index (χ1) is 12.8. The van der Waals surface area contributed by atoms with Gasteiger partial charge >= 0.3 is 0 Å². The molecule has 1 aliphatic rings. The largest absolute Gasteiger partial charge is 0.474 e. The first kappa shape index (κ1) is 17.0. The molecule has 4 rings (SSSR count). The minimum absolute atomic E-state index is 0.223. The Morgan fingerprint density at radius 2 is 1.85 bits per heavy atom. The quantitative estimate of drug-likeness (QED) is 0.622. The molecule has 1 aliphatic carbocycles. The fraction of sp³-hybridized carbons (Fsp3) is 0.350. The molecule has 0 amide bonds. The summed E-state index contributed by atoms with van der Waals surface area (Å²) in [7, 11) is 0. The van der Waals surface area contributed by atoms with Gasteiger partial charge in [0.1, 0.15) is 18.3 Å². The molecule has 134 valence electrons. The van der Waals surface area contributed by atoms with Crippen LogP contribution in [0, 0.1) is 0 Å². The van der Waals surface area contributed by atoms with E-state index >= 15 is 0 Å². The van der Waals surface area contributed by atoms with E-state index in [1.807, 2.05) is 30.3 Å². The van der Waals surface area contributed by atoms with Gasteiger partial charge in [-0.25, -0.2) is 4.98 Å². The summed E-state index contributed by atoms with van der Waals surface area (Å²) < 4.78 is 8.08. The van der Waals surface area contributed by atoms with Crippen LogP contribution >= 0.6 is 11.6 Å². The Hall–Kier alpha value is -2.40. The number of pyridine rings is 1. The lowest BCUT2D eigenvalue weighted by Crippen LogP contribution is -2.25. The lowest BCUT2D eigenvalue weighted by Gasteiger charge is -2.28. The molecular weight excluding hydrogens is 348 g/mol. The van der Waals surface area contributed by atoms with E-state index in [0.717, 1.165) is 42.8 Å². The molecule has 0 bridgehead atoms. The maximum atomic E-state index is 5.99. The Bertz CT molecular complexity index is 827. The van der Waals surface area contributed by atoms with Crippen LogP contribution in [0.25, 0.3) is 5.69 Å². The molecule has 0 saturated heterocycles. The molecule has 26 heavy (non-hydrogen) atoms. The normalized spacial score (nSPS) is 20.0. The van der Waals surface area contributed by atoms with Crippen molar-refractivity contribution in [2.45, 2.75) is 43.6 Å². The topological polar surface area (TPSA) is 52.8 Å². The SMILES string of the molecule is ClCc1ccc(-n2cnnc2[C@H]2CC[C@H](Oc3ccccn3)CC2)cc1. The van der Waals surface area contributed by atoms with E-state index < -0.39 is 0 Å². The van der Waals surface area contributed by atoms with Gasteiger partial charge in [-0.1, -0.05) is 18.2 Å². The van der Waals surface area contributed by atoms with Gasteiger partial charge in [-0.05, 0) is 49.4 Å². The van der Waals surface area contributed by atoms with Crippen LogP contribution in [0.3, 0.4) is 0 Å². The summed E-state index contributed by atoms with van der Waals surface area (Å²) in [5.41, 5.74) is 2.18. The third-order valence-corrected chi connectivity index (χ3v) is 5.22. The minimum Gasteiger partial charge on any atom is -0.474 e. The average molecular weight is 369 g/mol. The lowest BCUT2D eigenvalue weighted by molar-refractivity contribution is 0.139. The Balaban J connectivity index is 1.43. The number of aromatic nitrogens is 4. The Morgan fingerprint density at radius 3 is 2.54 bits per heavy atom. The number of hydrogen-bond acceptors (Lipinski definition) is 4. The highest BCUT2D eigenvalue weighted by atomic mass is 35.5. The molecule has 1 saturated carbocycles. The summed E-state index contributed by atoms with van der Waals surface area (Å²) in [4.78, 5) is 4.25. The first-order valence-corrected chi connectivity index (χ1v) is 9.50. The fourth-order valence-corrected chi connectivity index (χ4v) is 3.67. The number of halogens is 1. The van der Waals surface area contributed by atoms with Gasteiger partial charge in [0.2, 0.25) is 5.88 Å². The van der Waals surface area contributed by atoms with E-state index in [9.17, 15) is 0 Å². The summed E-state index contributed by atoms with van der Waals surface area (Å²) in [5.74, 6) is 2.66. The number of alkyl halides is 1. The van der Waals surface area contributed by atoms with Crippen molar-refractivity contribution in [2.75, 3.05) is 0 Å². The van der Waals surface area contributed by atoms with E-state index in [0.29, 0.717) is 17.7 Å². The highest BCUT2D eigenvalue weighted by Gasteiger charge is 2.27. The van der Waals surface area contributed by atoms with Crippen molar-refractivity contribution in [3.05, 3.63) is 66.4 Å². The summed E-state index contributed by atoms with van der Waals surface area (Å²) in [6.07, 6.45) is 7.85. The van der Waals surface area contributed by atoms with E-state index in [2.05, 4.69) is 31.9 Å². The van der Waals surface area contributed by atoms with Crippen LogP contribution < -0.4 is 4.74 Å². The summed E-state index contributed by atoms with van der Waals surface area (Å²) in [6, 6.07) is 14.0. The van der Waals surface area contributed by atoms with Gasteiger partial charge in [-0.2, -0.15) is 0 Å². The van der Waals surface area contributed by atoms with Crippen molar-refractivity contribution in [3.63, 3.8) is 0 Å². The molecular formula is C20H21ClN4O. The van der Waals surface area contributed by atoms with Crippen LogP contribution in [0.5, 0.6) is 5.88 Å². The van der Waals surface area contributed by atoms with Crippen LogP contribution in [-0.2, 0) is 5.88 Å². The predicted octanol–water partition coefficient (Wildman–Crippen LogP) is 4.51. The van der Waals surface area contributed by atoms with E-state index in [1.54, 1.807) is 12.5 Å². The molecule has 6 heteroatoms. The number of nitrogens with zero attached hydrogens (tertiary/aromatic N) is 4. The second-order valence-corrected chi connectivity index (χ2v) is 6.89. The summed E-state index contributed by atoms with van der Waals surface area (Å²) >= 11 is 5.88. The van der Waals surface area contributed by atoms with Crippen LogP contribution in [0.2, 0.25) is 0 Å². The number of benzene rings is 1. The van der Waals surface area contributed by atoms with Crippen LogP contribution in [0.4, 0.5) is 0 Å². The van der Waals surface area contributed by atoms with Crippen molar-refractivity contribution in [2.24, 2.45) is 0 Å². The monoisotopic (exact) mass is 368 g/mol. The molecule has 0 radical (unpaired) electrons. The second-order valence-electron chi connectivity index (χ2n) is 6.62. The maximum Gasteiger partial charge on any atom is 0.213 e. The molecule has 0 aliphatic heterocycles. The molecule has 1 fully saturated rings. The van der Waals surface area contributed by atoms with E-state index in [-0.39, 0.29) is 6.10 Å². The Labute approximate surface area is 158 Å². The lowest BCUT2D eigenvalue weighted by atomic mass is 9.86. The molecule has 5 nitrogen and oxygen atoms in total. The van der Waals surface area contributed by atoms with Gasteiger partial charge in [-0.15, -0.1) is 21.8 Å². The second kappa shape index (κ2) is 7.87. The van der Waals surface area contributed by atoms with Gasteiger partial charge in [0.15, 0.2) is 0 Å². The third kappa shape index (κ3) is 3.73. The van der Waals surface area contributed by atoms with Crippen molar-refractivity contribution < 1.29 is 4.74 Å². The van der Waals surface area contributed by atoms with Crippen LogP contribution in [-0.4, -0.2) is 25.9 Å². The van der Waals surface area contributed by atoms with E-state index in [1.165, 1.54) is 0 Å². The van der Waals surface area contributed by atoms with Crippen molar-refractivity contribution in [1.82, 2.24) is 19.7 Å². The van der Waals surface area contributed by atoms with Crippen LogP contribution in [0.1, 0.15) is 43.0 Å². The van der Waals surface area contributed by atoms with Crippen molar-refractivity contribution in [1.29, 1.82) is 0 Å². The summed E-state index contributed by atoms with van der Waals surface area (Å²) in [6.45, 7) is 0. The summed E-state index contributed by atoms with van der Waals surface area (Å²) in [5, 5.41) is 8.55. The predicted molar refractivity (Wildman–Crippen MR) is 101 cm³/mol. The molecule has 2 aromatic heterocycles. The van der Waals surface area contributed by atoms with Crippen molar-refractivity contribution in [3.8, 4) is 11.6 Å². The van der Waals surface area contributed by atoms with Crippen LogP contribution in [0.15, 0.2) is 55.0 Å². The minimum atomic E-state index is 0.223. The highest BCUT2D eigenvalue weighted by Crippen LogP contribution is 2.34. The van der Waals surface area contributed by atoms with Gasteiger partial charge in [-0.3, -0.25) is 4.57 Å². The molecule has 3 aromatic rings. The molecule has 2 heterocycles. The fourth-order valence-electron chi connectivity index (χ4n) is 3.49. The molecule has 1 aromatic carbocycles. The first-order valence-electron chi connectivity index (χ1n) is 8.96. The Morgan fingerprint density at radius 1 is 1.04 bits per heavy atom. The molecule has 0 N–H and O–H groups in total. The standard InChI is InChI=1S/C20H21ClN4O/c21-13-15-4-8-17(9-5-15)25-14-23-24-20(25)16-6-10-18(11-7-16)26-19-3-1-2-12-22-19/h1-5,8-9,12,14,16,18H,6-7,10-11,13H2/t16-,18-. The average Bonchev–Trinajstić information content (AvgIpc) is 3.19. The Kier molecular flexibility index (Phi) is 5.16. The number of rotatable bonds is 5. The van der Waals surface area contributed by atoms with Gasteiger partial charge < -0.3 is 4.74 Å². The van der Waals surface area contributed by atoms with E-state index in [4.69, 9.17) is 16.3 Å². The van der Waals surface area contributed by atoms with Gasteiger partial charge in [0.05, 0.1) is 0 Å². The smallest absolute Gasteiger partial charge is 0.213 e. The zero-order chi connectivity index (χ0) is 17.8. The van der Waals surface area contributed by atoms with Crippen molar-refractivity contribution >= 4 is 11.6 Å². The maximum absolute atomic E-state index is 5.99. The number of ether oxygens (including phenoxy) is 1. The zero-order valence-electron chi connectivity index (χ0n) is 14.5. The zero-order valence-corrected chi connectivity index (χ0v) is 15.2. The van der Waals surface area contributed by atoms with Gasteiger partial charge in [0, 0.05) is 29.7 Å². The molecule has 0 spiro atoms. The highest BCUT2D eigenvalue weighted by molar-refractivity contribution is 6.17.